The highest BCUT2D eigenvalue weighted by molar-refractivity contribution is 4.89. The van der Waals surface area contributed by atoms with Crippen LogP contribution in [-0.4, -0.2) is 36.1 Å². The summed E-state index contributed by atoms with van der Waals surface area (Å²) in [4.78, 5) is 2.79. The lowest BCUT2D eigenvalue weighted by molar-refractivity contribution is 0.0519. The predicted octanol–water partition coefficient (Wildman–Crippen LogP) is 2.88. The van der Waals surface area contributed by atoms with Crippen LogP contribution >= 0.6 is 0 Å². The van der Waals surface area contributed by atoms with Crippen LogP contribution in [-0.2, 0) is 0 Å². The van der Waals surface area contributed by atoms with Gasteiger partial charge in [0.1, 0.15) is 0 Å². The molecule has 0 radical (unpaired) electrons. The van der Waals surface area contributed by atoms with Crippen LogP contribution in [0.25, 0.3) is 0 Å². The van der Waals surface area contributed by atoms with Crippen LogP contribution in [0.5, 0.6) is 0 Å². The maximum Gasteiger partial charge on any atom is 0.0196 e. The Hall–Kier alpha value is -0.0800. The molecule has 100 valence electrons. The van der Waals surface area contributed by atoms with E-state index in [1.54, 1.807) is 0 Å². The summed E-state index contributed by atoms with van der Waals surface area (Å²) in [6.45, 7) is 11.9. The van der Waals surface area contributed by atoms with Gasteiger partial charge in [-0.05, 0) is 38.5 Å². The summed E-state index contributed by atoms with van der Waals surface area (Å²) in [6, 6.07) is 2.25. The van der Waals surface area contributed by atoms with Gasteiger partial charge in [0.25, 0.3) is 0 Å². The third kappa shape index (κ3) is 3.23. The molecule has 1 saturated carbocycles. The Morgan fingerprint density at radius 3 is 2.65 bits per heavy atom. The molecule has 1 heterocycles. The topological polar surface area (TPSA) is 15.3 Å². The van der Waals surface area contributed by atoms with E-state index < -0.39 is 0 Å². The highest BCUT2D eigenvalue weighted by atomic mass is 15.2. The van der Waals surface area contributed by atoms with Gasteiger partial charge in [0, 0.05) is 31.2 Å². The molecule has 0 aromatic carbocycles. The Kier molecular flexibility index (Phi) is 4.48. The van der Waals surface area contributed by atoms with E-state index in [9.17, 15) is 0 Å². The van der Waals surface area contributed by atoms with Crippen LogP contribution in [0.2, 0.25) is 0 Å². The predicted molar refractivity (Wildman–Crippen MR) is 74.2 cm³/mol. The SMILES string of the molecule is CC1CN(C2CCCC(C(C)C)C2)C(C)CN1. The molecule has 2 heteroatoms. The fraction of sp³-hybridized carbons (Fsp3) is 1.00. The summed E-state index contributed by atoms with van der Waals surface area (Å²) >= 11 is 0. The normalized spacial score (nSPS) is 40.8. The van der Waals surface area contributed by atoms with E-state index >= 15 is 0 Å². The molecule has 2 aliphatic rings. The van der Waals surface area contributed by atoms with Gasteiger partial charge in [0.05, 0.1) is 0 Å². The number of rotatable bonds is 2. The van der Waals surface area contributed by atoms with Crippen molar-refractivity contribution in [2.45, 2.75) is 71.5 Å². The molecule has 2 rings (SSSR count). The van der Waals surface area contributed by atoms with Crippen molar-refractivity contribution in [2.75, 3.05) is 13.1 Å². The van der Waals surface area contributed by atoms with Crippen molar-refractivity contribution in [2.24, 2.45) is 11.8 Å². The Bertz CT molecular complexity index is 239. The largest absolute Gasteiger partial charge is 0.311 e. The molecule has 1 aliphatic heterocycles. The summed E-state index contributed by atoms with van der Waals surface area (Å²) in [5.41, 5.74) is 0. The minimum absolute atomic E-state index is 0.672. The van der Waals surface area contributed by atoms with E-state index in [2.05, 4.69) is 37.9 Å². The van der Waals surface area contributed by atoms with Gasteiger partial charge in [-0.2, -0.15) is 0 Å². The summed E-state index contributed by atoms with van der Waals surface area (Å²) in [5, 5.41) is 3.59. The summed E-state index contributed by atoms with van der Waals surface area (Å²) in [5.74, 6) is 1.83. The average Bonchev–Trinajstić information content (AvgIpc) is 2.32. The van der Waals surface area contributed by atoms with Crippen molar-refractivity contribution in [1.82, 2.24) is 10.2 Å². The molecule has 4 unspecified atom stereocenters. The molecule has 1 saturated heterocycles. The lowest BCUT2D eigenvalue weighted by Crippen LogP contribution is -2.58. The standard InChI is InChI=1S/C15H30N2/c1-11(2)14-6-5-7-15(8-14)17-10-12(3)16-9-13(17)4/h11-16H,5-10H2,1-4H3. The molecule has 0 bridgehead atoms. The van der Waals surface area contributed by atoms with Crippen LogP contribution < -0.4 is 5.32 Å². The zero-order valence-corrected chi connectivity index (χ0v) is 12.1. The van der Waals surface area contributed by atoms with E-state index in [0.29, 0.717) is 6.04 Å². The van der Waals surface area contributed by atoms with E-state index in [0.717, 1.165) is 23.9 Å². The first-order valence-corrected chi connectivity index (χ1v) is 7.57. The Labute approximate surface area is 107 Å². The van der Waals surface area contributed by atoms with Gasteiger partial charge in [-0.3, -0.25) is 4.90 Å². The zero-order chi connectivity index (χ0) is 12.4. The number of hydrogen-bond donors (Lipinski definition) is 1. The minimum Gasteiger partial charge on any atom is -0.311 e. The van der Waals surface area contributed by atoms with Crippen molar-refractivity contribution in [1.29, 1.82) is 0 Å². The van der Waals surface area contributed by atoms with E-state index in [1.807, 2.05) is 0 Å². The Morgan fingerprint density at radius 2 is 1.94 bits per heavy atom. The quantitative estimate of drug-likeness (QED) is 0.796. The van der Waals surface area contributed by atoms with Gasteiger partial charge in [-0.15, -0.1) is 0 Å². The first-order valence-electron chi connectivity index (χ1n) is 7.57. The molecule has 1 N–H and O–H groups in total. The third-order valence-corrected chi connectivity index (χ3v) is 4.91. The molecule has 0 amide bonds. The number of nitrogens with zero attached hydrogens (tertiary/aromatic N) is 1. The molecule has 17 heavy (non-hydrogen) atoms. The molecular formula is C15H30N2. The average molecular weight is 238 g/mol. The van der Waals surface area contributed by atoms with Gasteiger partial charge < -0.3 is 5.32 Å². The second kappa shape index (κ2) is 5.71. The Morgan fingerprint density at radius 1 is 1.18 bits per heavy atom. The monoisotopic (exact) mass is 238 g/mol. The maximum absolute atomic E-state index is 3.59. The van der Waals surface area contributed by atoms with Crippen LogP contribution in [0.4, 0.5) is 0 Å². The summed E-state index contributed by atoms with van der Waals surface area (Å²) in [7, 11) is 0. The van der Waals surface area contributed by atoms with Crippen molar-refractivity contribution in [3.63, 3.8) is 0 Å². The first kappa shape index (κ1) is 13.4. The van der Waals surface area contributed by atoms with Gasteiger partial charge in [0.15, 0.2) is 0 Å². The molecule has 1 aliphatic carbocycles. The highest BCUT2D eigenvalue weighted by Crippen LogP contribution is 2.33. The highest BCUT2D eigenvalue weighted by Gasteiger charge is 2.33. The number of hydrogen-bond acceptors (Lipinski definition) is 2. The van der Waals surface area contributed by atoms with Gasteiger partial charge in [-0.25, -0.2) is 0 Å². The van der Waals surface area contributed by atoms with E-state index in [1.165, 1.54) is 38.8 Å². The molecular weight excluding hydrogens is 208 g/mol. The van der Waals surface area contributed by atoms with Gasteiger partial charge in [-0.1, -0.05) is 26.7 Å². The lowest BCUT2D eigenvalue weighted by atomic mass is 9.78. The van der Waals surface area contributed by atoms with Crippen LogP contribution in [0.15, 0.2) is 0 Å². The van der Waals surface area contributed by atoms with Crippen molar-refractivity contribution < 1.29 is 0 Å². The van der Waals surface area contributed by atoms with Crippen LogP contribution in [0.3, 0.4) is 0 Å². The van der Waals surface area contributed by atoms with Gasteiger partial charge in [0.2, 0.25) is 0 Å². The minimum atomic E-state index is 0.672. The second-order valence-corrected chi connectivity index (χ2v) is 6.68. The van der Waals surface area contributed by atoms with Crippen molar-refractivity contribution in [3.05, 3.63) is 0 Å². The van der Waals surface area contributed by atoms with Crippen LogP contribution in [0.1, 0.15) is 53.4 Å². The van der Waals surface area contributed by atoms with Crippen molar-refractivity contribution in [3.8, 4) is 0 Å². The molecule has 0 aromatic rings. The van der Waals surface area contributed by atoms with Crippen LogP contribution in [0, 0.1) is 11.8 Å². The summed E-state index contributed by atoms with van der Waals surface area (Å²) in [6.07, 6.45) is 5.78. The fourth-order valence-corrected chi connectivity index (χ4v) is 3.67. The number of piperazine rings is 1. The van der Waals surface area contributed by atoms with Crippen molar-refractivity contribution >= 4 is 0 Å². The molecule has 4 atom stereocenters. The maximum atomic E-state index is 3.59. The fourth-order valence-electron chi connectivity index (χ4n) is 3.67. The number of nitrogens with one attached hydrogen (secondary N) is 1. The lowest BCUT2D eigenvalue weighted by Gasteiger charge is -2.46. The first-order chi connectivity index (χ1) is 8.08. The molecule has 2 nitrogen and oxygen atoms in total. The molecule has 0 spiro atoms. The molecule has 2 fully saturated rings. The summed E-state index contributed by atoms with van der Waals surface area (Å²) < 4.78 is 0. The van der Waals surface area contributed by atoms with E-state index in [4.69, 9.17) is 0 Å². The second-order valence-electron chi connectivity index (χ2n) is 6.68. The molecule has 0 aromatic heterocycles. The van der Waals surface area contributed by atoms with E-state index in [-0.39, 0.29) is 0 Å². The van der Waals surface area contributed by atoms with Gasteiger partial charge >= 0.3 is 0 Å². The zero-order valence-electron chi connectivity index (χ0n) is 12.1. The smallest absolute Gasteiger partial charge is 0.0196 e. The Balaban J connectivity index is 1.95. The third-order valence-electron chi connectivity index (χ3n) is 4.91.